The van der Waals surface area contributed by atoms with Gasteiger partial charge in [0.15, 0.2) is 0 Å². The summed E-state index contributed by atoms with van der Waals surface area (Å²) in [6.45, 7) is 11.1. The fourth-order valence-electron chi connectivity index (χ4n) is 3.38. The predicted molar refractivity (Wildman–Crippen MR) is 105 cm³/mol. The lowest BCUT2D eigenvalue weighted by atomic mass is 10.3. The molecule has 7 nitrogen and oxygen atoms in total. The smallest absolute Gasteiger partial charge is 0.246 e. The maximum atomic E-state index is 13.1. The van der Waals surface area contributed by atoms with E-state index in [4.69, 9.17) is 0 Å². The lowest BCUT2D eigenvalue weighted by Gasteiger charge is -2.21. The molecule has 148 valence electrons. The van der Waals surface area contributed by atoms with Gasteiger partial charge in [-0.25, -0.2) is 8.42 Å². The first-order chi connectivity index (χ1) is 12.8. The monoisotopic (exact) mass is 391 g/mol. The summed E-state index contributed by atoms with van der Waals surface area (Å²) < 4.78 is 29.6. The van der Waals surface area contributed by atoms with Gasteiger partial charge in [0.1, 0.15) is 4.90 Å². The summed E-state index contributed by atoms with van der Waals surface area (Å²) in [7, 11) is -3.52. The van der Waals surface area contributed by atoms with E-state index in [9.17, 15) is 8.42 Å². The second kappa shape index (κ2) is 8.08. The largest absolute Gasteiger partial charge is 0.296 e. The van der Waals surface area contributed by atoms with Gasteiger partial charge in [-0.15, -0.1) is 0 Å². The SMILES string of the molecule is Cc1cccc(CN2CCCN(S(=O)(=O)c3cn(C(C)C)nc3C)CC2)n1. The Morgan fingerprint density at radius 3 is 2.56 bits per heavy atom. The summed E-state index contributed by atoms with van der Waals surface area (Å²) in [5, 5.41) is 4.37. The summed E-state index contributed by atoms with van der Waals surface area (Å²) in [6.07, 6.45) is 2.47. The van der Waals surface area contributed by atoms with Crippen LogP contribution >= 0.6 is 0 Å². The molecule has 1 aliphatic heterocycles. The Kier molecular flexibility index (Phi) is 5.98. The van der Waals surface area contributed by atoms with Crippen LogP contribution in [-0.2, 0) is 16.6 Å². The van der Waals surface area contributed by atoms with Crippen LogP contribution in [0.4, 0.5) is 0 Å². The zero-order chi connectivity index (χ0) is 19.6. The van der Waals surface area contributed by atoms with E-state index in [0.717, 1.165) is 30.9 Å². The minimum atomic E-state index is -3.52. The third-order valence-electron chi connectivity index (χ3n) is 4.90. The van der Waals surface area contributed by atoms with Gasteiger partial charge in [0.05, 0.1) is 11.4 Å². The molecule has 3 rings (SSSR count). The van der Waals surface area contributed by atoms with Crippen molar-refractivity contribution in [2.45, 2.75) is 51.6 Å². The van der Waals surface area contributed by atoms with Crippen LogP contribution in [0.3, 0.4) is 0 Å². The third-order valence-corrected chi connectivity index (χ3v) is 6.90. The molecule has 27 heavy (non-hydrogen) atoms. The van der Waals surface area contributed by atoms with E-state index in [1.54, 1.807) is 22.1 Å². The van der Waals surface area contributed by atoms with Gasteiger partial charge in [0.25, 0.3) is 0 Å². The van der Waals surface area contributed by atoms with Gasteiger partial charge in [-0.2, -0.15) is 9.40 Å². The number of pyridine rings is 1. The first-order valence-electron chi connectivity index (χ1n) is 9.48. The van der Waals surface area contributed by atoms with Crippen molar-refractivity contribution in [3.05, 3.63) is 41.5 Å². The molecule has 1 saturated heterocycles. The van der Waals surface area contributed by atoms with E-state index in [1.807, 2.05) is 39.0 Å². The number of nitrogens with zero attached hydrogens (tertiary/aromatic N) is 5. The van der Waals surface area contributed by atoms with Crippen molar-refractivity contribution < 1.29 is 8.42 Å². The molecule has 0 N–H and O–H groups in total. The Bertz CT molecular complexity index is 891. The third kappa shape index (κ3) is 4.56. The molecule has 3 heterocycles. The van der Waals surface area contributed by atoms with Crippen LogP contribution in [0.5, 0.6) is 0 Å². The predicted octanol–water partition coefficient (Wildman–Crippen LogP) is 2.37. The lowest BCUT2D eigenvalue weighted by Crippen LogP contribution is -2.35. The summed E-state index contributed by atoms with van der Waals surface area (Å²) in [5.41, 5.74) is 2.60. The molecule has 0 saturated carbocycles. The standard InChI is InChI=1S/C19H29N5O2S/c1-15(2)24-14-19(17(4)21-24)27(25,26)23-10-6-9-22(11-12-23)13-18-8-5-7-16(3)20-18/h5,7-8,14-15H,6,9-13H2,1-4H3. The fraction of sp³-hybridized carbons (Fsp3) is 0.579. The fourth-order valence-corrected chi connectivity index (χ4v) is 5.01. The van der Waals surface area contributed by atoms with Crippen molar-refractivity contribution in [3.63, 3.8) is 0 Å². The molecule has 0 atom stereocenters. The molecule has 0 radical (unpaired) electrons. The average Bonchev–Trinajstić information content (AvgIpc) is 2.85. The molecule has 2 aromatic heterocycles. The van der Waals surface area contributed by atoms with Crippen molar-refractivity contribution in [3.8, 4) is 0 Å². The topological polar surface area (TPSA) is 71.3 Å². The highest BCUT2D eigenvalue weighted by Crippen LogP contribution is 2.22. The summed E-state index contributed by atoms with van der Waals surface area (Å²) in [5.74, 6) is 0. The van der Waals surface area contributed by atoms with Crippen molar-refractivity contribution in [1.82, 2.24) is 24.0 Å². The zero-order valence-corrected chi connectivity index (χ0v) is 17.4. The van der Waals surface area contributed by atoms with Gasteiger partial charge >= 0.3 is 0 Å². The molecule has 0 spiro atoms. The van der Waals surface area contributed by atoms with E-state index in [1.165, 1.54) is 0 Å². The molecular weight excluding hydrogens is 362 g/mol. The van der Waals surface area contributed by atoms with Crippen LogP contribution in [0.1, 0.15) is 43.4 Å². The van der Waals surface area contributed by atoms with Crippen molar-refractivity contribution >= 4 is 10.0 Å². The molecule has 0 aromatic carbocycles. The maximum absolute atomic E-state index is 13.1. The lowest BCUT2D eigenvalue weighted by molar-refractivity contribution is 0.275. The van der Waals surface area contributed by atoms with Gasteiger partial charge in [-0.3, -0.25) is 14.6 Å². The highest BCUT2D eigenvalue weighted by atomic mass is 32.2. The Labute approximate surface area is 162 Å². The van der Waals surface area contributed by atoms with Crippen LogP contribution in [0, 0.1) is 13.8 Å². The minimum absolute atomic E-state index is 0.133. The molecule has 0 aliphatic carbocycles. The van der Waals surface area contributed by atoms with Crippen LogP contribution < -0.4 is 0 Å². The maximum Gasteiger partial charge on any atom is 0.246 e. The van der Waals surface area contributed by atoms with Crippen LogP contribution in [0.25, 0.3) is 0 Å². The van der Waals surface area contributed by atoms with Gasteiger partial charge in [-0.1, -0.05) is 6.07 Å². The Morgan fingerprint density at radius 2 is 1.89 bits per heavy atom. The number of aryl methyl sites for hydroxylation is 2. The number of hydrogen-bond acceptors (Lipinski definition) is 5. The molecule has 0 bridgehead atoms. The van der Waals surface area contributed by atoms with Crippen molar-refractivity contribution in [2.24, 2.45) is 0 Å². The number of rotatable bonds is 5. The minimum Gasteiger partial charge on any atom is -0.296 e. The first-order valence-corrected chi connectivity index (χ1v) is 10.9. The highest BCUT2D eigenvalue weighted by Gasteiger charge is 2.30. The van der Waals surface area contributed by atoms with Crippen molar-refractivity contribution in [2.75, 3.05) is 26.2 Å². The van der Waals surface area contributed by atoms with Crippen LogP contribution in [0.2, 0.25) is 0 Å². The second-order valence-electron chi connectivity index (χ2n) is 7.46. The van der Waals surface area contributed by atoms with Gasteiger partial charge in [-0.05, 0) is 52.8 Å². The van der Waals surface area contributed by atoms with Gasteiger partial charge in [0.2, 0.25) is 10.0 Å². The highest BCUT2D eigenvalue weighted by molar-refractivity contribution is 7.89. The first kappa shape index (κ1) is 20.0. The Balaban J connectivity index is 1.71. The molecule has 1 fully saturated rings. The van der Waals surface area contributed by atoms with Gasteiger partial charge < -0.3 is 0 Å². The molecule has 2 aromatic rings. The number of aromatic nitrogens is 3. The zero-order valence-electron chi connectivity index (χ0n) is 16.6. The second-order valence-corrected chi connectivity index (χ2v) is 9.36. The summed E-state index contributed by atoms with van der Waals surface area (Å²) in [4.78, 5) is 7.16. The Morgan fingerprint density at radius 1 is 1.11 bits per heavy atom. The number of hydrogen-bond donors (Lipinski definition) is 0. The summed E-state index contributed by atoms with van der Waals surface area (Å²) >= 11 is 0. The van der Waals surface area contributed by atoms with Crippen LogP contribution in [0.15, 0.2) is 29.3 Å². The normalized spacial score (nSPS) is 17.4. The summed E-state index contributed by atoms with van der Waals surface area (Å²) in [6, 6.07) is 6.16. The van der Waals surface area contributed by atoms with E-state index in [2.05, 4.69) is 15.0 Å². The molecule has 1 aliphatic rings. The Hall–Kier alpha value is -1.77. The molecule has 8 heteroatoms. The van der Waals surface area contributed by atoms with E-state index in [0.29, 0.717) is 30.2 Å². The molecule has 0 amide bonds. The van der Waals surface area contributed by atoms with Crippen LogP contribution in [-0.4, -0.2) is 58.6 Å². The van der Waals surface area contributed by atoms with Crippen molar-refractivity contribution in [1.29, 1.82) is 0 Å². The number of sulfonamides is 1. The molecular formula is C19H29N5O2S. The average molecular weight is 392 g/mol. The van der Waals surface area contributed by atoms with E-state index in [-0.39, 0.29) is 6.04 Å². The van der Waals surface area contributed by atoms with Gasteiger partial charge in [0, 0.05) is 44.1 Å². The van der Waals surface area contributed by atoms with E-state index < -0.39 is 10.0 Å². The van der Waals surface area contributed by atoms with E-state index >= 15 is 0 Å². The quantitative estimate of drug-likeness (QED) is 0.782. The molecule has 0 unspecified atom stereocenters.